The number of nitrogens with zero attached hydrogens (tertiary/aromatic N) is 1. The third kappa shape index (κ3) is 4.04. The Hall–Kier alpha value is -0.160. The maximum Gasteiger partial charge on any atom is 0.0633 e. The maximum atomic E-state index is 8.63. The van der Waals surface area contributed by atoms with Crippen LogP contribution in [0.25, 0.3) is 0 Å². The van der Waals surface area contributed by atoms with E-state index in [9.17, 15) is 0 Å². The van der Waals surface area contributed by atoms with Gasteiger partial charge in [0, 0.05) is 16.9 Å². The fourth-order valence-electron chi connectivity index (χ4n) is 1.86. The number of hydrogen-bond acceptors (Lipinski definition) is 2. The molecule has 0 radical (unpaired) electrons. The first-order valence-electron chi connectivity index (χ1n) is 5.39. The molecule has 0 spiro atoms. The minimum absolute atomic E-state index is 0.591. The van der Waals surface area contributed by atoms with E-state index in [-0.39, 0.29) is 0 Å². The van der Waals surface area contributed by atoms with Crippen LogP contribution in [0.2, 0.25) is 0 Å². The van der Waals surface area contributed by atoms with E-state index in [4.69, 9.17) is 5.26 Å². The van der Waals surface area contributed by atoms with Gasteiger partial charge >= 0.3 is 0 Å². The zero-order valence-corrected chi connectivity index (χ0v) is 9.28. The van der Waals surface area contributed by atoms with Gasteiger partial charge in [0.2, 0.25) is 0 Å². The molecule has 1 aliphatic carbocycles. The molecular weight excluding hydrogens is 178 g/mol. The number of nitriles is 1. The molecule has 1 rings (SSSR count). The molecule has 1 unspecified atom stereocenters. The summed E-state index contributed by atoms with van der Waals surface area (Å²) in [5.41, 5.74) is 0. The monoisotopic (exact) mass is 197 g/mol. The predicted octanol–water partition coefficient (Wildman–Crippen LogP) is 3.74. The van der Waals surface area contributed by atoms with Crippen molar-refractivity contribution >= 4 is 11.8 Å². The molecule has 0 aromatic heterocycles. The van der Waals surface area contributed by atoms with Crippen LogP contribution in [0.4, 0.5) is 0 Å². The summed E-state index contributed by atoms with van der Waals surface area (Å²) in [5.74, 6) is 0. The second-order valence-corrected chi connectivity index (χ2v) is 5.39. The van der Waals surface area contributed by atoms with E-state index in [0.29, 0.717) is 5.25 Å². The quantitative estimate of drug-likeness (QED) is 0.685. The second kappa shape index (κ2) is 6.32. The highest BCUT2D eigenvalue weighted by Gasteiger charge is 2.17. The molecule has 0 aromatic rings. The first kappa shape index (κ1) is 10.9. The van der Waals surface area contributed by atoms with Crippen molar-refractivity contribution in [3.05, 3.63) is 0 Å². The average Bonchev–Trinajstić information content (AvgIpc) is 2.19. The van der Waals surface area contributed by atoms with Crippen molar-refractivity contribution in [2.75, 3.05) is 0 Å². The van der Waals surface area contributed by atoms with E-state index in [1.165, 1.54) is 32.1 Å². The van der Waals surface area contributed by atoms with Crippen LogP contribution in [-0.4, -0.2) is 10.5 Å². The molecule has 0 amide bonds. The zero-order chi connectivity index (χ0) is 9.52. The lowest BCUT2D eigenvalue weighted by Gasteiger charge is -2.24. The van der Waals surface area contributed by atoms with Gasteiger partial charge in [-0.15, -0.1) is 0 Å². The Labute approximate surface area is 85.9 Å². The van der Waals surface area contributed by atoms with E-state index in [1.54, 1.807) is 0 Å². The Morgan fingerprint density at radius 2 is 2.08 bits per heavy atom. The molecule has 0 bridgehead atoms. The summed E-state index contributed by atoms with van der Waals surface area (Å²) in [7, 11) is 0. The minimum atomic E-state index is 0.591. The highest BCUT2D eigenvalue weighted by molar-refractivity contribution is 8.00. The van der Waals surface area contributed by atoms with Gasteiger partial charge in [0.25, 0.3) is 0 Å². The Bertz CT molecular complexity index is 167. The maximum absolute atomic E-state index is 8.63. The van der Waals surface area contributed by atoms with Crippen LogP contribution in [0, 0.1) is 11.3 Å². The smallest absolute Gasteiger partial charge is 0.0633 e. The third-order valence-electron chi connectivity index (χ3n) is 2.71. The molecule has 74 valence electrons. The van der Waals surface area contributed by atoms with Crippen LogP contribution in [0.5, 0.6) is 0 Å². The molecule has 0 saturated heterocycles. The molecule has 0 aromatic carbocycles. The summed E-state index contributed by atoms with van der Waals surface area (Å²) in [6, 6.07) is 2.29. The Morgan fingerprint density at radius 3 is 2.62 bits per heavy atom. The first-order chi connectivity index (χ1) is 6.36. The Morgan fingerprint density at radius 1 is 1.38 bits per heavy atom. The molecular formula is C11H19NS. The van der Waals surface area contributed by atoms with Crippen molar-refractivity contribution in [2.45, 2.75) is 62.4 Å². The topological polar surface area (TPSA) is 23.8 Å². The lowest BCUT2D eigenvalue weighted by atomic mass is 10.0. The second-order valence-electron chi connectivity index (χ2n) is 3.79. The molecule has 0 N–H and O–H groups in total. The van der Waals surface area contributed by atoms with Gasteiger partial charge in [0.05, 0.1) is 6.07 Å². The summed E-state index contributed by atoms with van der Waals surface area (Å²) in [6.45, 7) is 2.19. The molecule has 1 atom stereocenters. The van der Waals surface area contributed by atoms with Crippen LogP contribution in [-0.2, 0) is 0 Å². The van der Waals surface area contributed by atoms with Gasteiger partial charge < -0.3 is 0 Å². The highest BCUT2D eigenvalue weighted by Crippen LogP contribution is 2.33. The highest BCUT2D eigenvalue weighted by atomic mass is 32.2. The van der Waals surface area contributed by atoms with Gasteiger partial charge in [-0.2, -0.15) is 17.0 Å². The summed E-state index contributed by atoms with van der Waals surface area (Å²) < 4.78 is 0. The molecule has 0 aliphatic heterocycles. The predicted molar refractivity (Wildman–Crippen MR) is 58.8 cm³/mol. The summed E-state index contributed by atoms with van der Waals surface area (Å²) in [4.78, 5) is 0. The van der Waals surface area contributed by atoms with Crippen LogP contribution in [0.3, 0.4) is 0 Å². The van der Waals surface area contributed by atoms with Gasteiger partial charge in [-0.05, 0) is 19.3 Å². The molecule has 0 heterocycles. The molecule has 1 saturated carbocycles. The lowest BCUT2D eigenvalue weighted by Crippen LogP contribution is -2.13. The Balaban J connectivity index is 2.23. The van der Waals surface area contributed by atoms with E-state index in [1.807, 2.05) is 0 Å². The summed E-state index contributed by atoms with van der Waals surface area (Å²) >= 11 is 2.07. The Kier molecular flexibility index (Phi) is 5.31. The fourth-order valence-corrected chi connectivity index (χ4v) is 3.38. The van der Waals surface area contributed by atoms with Gasteiger partial charge in [0.1, 0.15) is 0 Å². The van der Waals surface area contributed by atoms with Gasteiger partial charge in [-0.3, -0.25) is 0 Å². The number of hydrogen-bond donors (Lipinski definition) is 0. The summed E-state index contributed by atoms with van der Waals surface area (Å²) in [5, 5.41) is 10.1. The zero-order valence-electron chi connectivity index (χ0n) is 8.46. The summed E-state index contributed by atoms with van der Waals surface area (Å²) in [6.07, 6.45) is 8.87. The van der Waals surface area contributed by atoms with Crippen molar-refractivity contribution in [3.63, 3.8) is 0 Å². The van der Waals surface area contributed by atoms with Crippen LogP contribution < -0.4 is 0 Å². The van der Waals surface area contributed by atoms with Crippen molar-refractivity contribution < 1.29 is 0 Å². The average molecular weight is 197 g/mol. The SMILES string of the molecule is CCC(CC#N)SC1CCCCC1. The lowest BCUT2D eigenvalue weighted by molar-refractivity contribution is 0.514. The van der Waals surface area contributed by atoms with Crippen molar-refractivity contribution in [1.82, 2.24) is 0 Å². The molecule has 1 fully saturated rings. The number of thioether (sulfide) groups is 1. The van der Waals surface area contributed by atoms with E-state index < -0.39 is 0 Å². The van der Waals surface area contributed by atoms with E-state index >= 15 is 0 Å². The molecule has 1 nitrogen and oxygen atoms in total. The van der Waals surface area contributed by atoms with Crippen LogP contribution >= 0.6 is 11.8 Å². The largest absolute Gasteiger partial charge is 0.198 e. The standard InChI is InChI=1S/C11H19NS/c1-2-10(8-9-12)13-11-6-4-3-5-7-11/h10-11H,2-8H2,1H3. The van der Waals surface area contributed by atoms with Crippen molar-refractivity contribution in [3.8, 4) is 6.07 Å². The number of rotatable bonds is 4. The molecule has 13 heavy (non-hydrogen) atoms. The van der Waals surface area contributed by atoms with E-state index in [2.05, 4.69) is 24.8 Å². The van der Waals surface area contributed by atoms with Crippen molar-refractivity contribution in [1.29, 1.82) is 5.26 Å². The molecule has 2 heteroatoms. The third-order valence-corrected chi connectivity index (χ3v) is 4.45. The fraction of sp³-hybridized carbons (Fsp3) is 0.909. The normalized spacial score (nSPS) is 20.9. The molecule has 1 aliphatic rings. The minimum Gasteiger partial charge on any atom is -0.198 e. The van der Waals surface area contributed by atoms with Crippen LogP contribution in [0.15, 0.2) is 0 Å². The van der Waals surface area contributed by atoms with Gasteiger partial charge in [-0.25, -0.2) is 0 Å². The van der Waals surface area contributed by atoms with Gasteiger partial charge in [0.15, 0.2) is 0 Å². The van der Waals surface area contributed by atoms with Gasteiger partial charge in [-0.1, -0.05) is 26.2 Å². The van der Waals surface area contributed by atoms with Crippen LogP contribution in [0.1, 0.15) is 51.9 Å². The van der Waals surface area contributed by atoms with E-state index in [0.717, 1.165) is 18.1 Å². The van der Waals surface area contributed by atoms with Crippen molar-refractivity contribution in [2.24, 2.45) is 0 Å². The first-order valence-corrected chi connectivity index (χ1v) is 6.33.